The molecule has 0 aliphatic carbocycles. The Morgan fingerprint density at radius 3 is 3.00 bits per heavy atom. The van der Waals surface area contributed by atoms with E-state index in [1.807, 2.05) is 6.20 Å². The summed E-state index contributed by atoms with van der Waals surface area (Å²) in [4.78, 5) is 2.26. The quantitative estimate of drug-likeness (QED) is 0.632. The Morgan fingerprint density at radius 2 is 2.28 bits per heavy atom. The minimum absolute atomic E-state index is 0.791. The zero-order valence-corrected chi connectivity index (χ0v) is 11.9. The molecule has 104 valence electrons. The maximum Gasteiger partial charge on any atom is 0.0589 e. The summed E-state index contributed by atoms with van der Waals surface area (Å²) in [5, 5.41) is 7.76. The lowest BCUT2D eigenvalue weighted by Gasteiger charge is -2.16. The first-order valence-electron chi connectivity index (χ1n) is 6.66. The van der Waals surface area contributed by atoms with Crippen LogP contribution in [0.1, 0.15) is 19.0 Å². The van der Waals surface area contributed by atoms with Crippen LogP contribution < -0.4 is 5.32 Å². The number of rotatable bonds is 10. The molecular weight excluding hydrogens is 228 g/mol. The van der Waals surface area contributed by atoms with E-state index >= 15 is 0 Å². The highest BCUT2D eigenvalue weighted by Crippen LogP contribution is 1.99. The van der Waals surface area contributed by atoms with E-state index in [0.29, 0.717) is 0 Å². The van der Waals surface area contributed by atoms with E-state index in [1.54, 1.807) is 7.11 Å². The molecular formula is C13H26N4O. The minimum atomic E-state index is 0.791. The van der Waals surface area contributed by atoms with Crippen molar-refractivity contribution in [2.24, 2.45) is 0 Å². The van der Waals surface area contributed by atoms with Crippen LogP contribution in [-0.4, -0.2) is 55.1 Å². The molecule has 0 atom stereocenters. The van der Waals surface area contributed by atoms with Gasteiger partial charge in [-0.1, -0.05) is 6.92 Å². The van der Waals surface area contributed by atoms with Crippen molar-refractivity contribution in [3.8, 4) is 0 Å². The predicted molar refractivity (Wildman–Crippen MR) is 73.6 cm³/mol. The number of aryl methyl sites for hydroxylation is 1. The molecule has 1 heterocycles. The Morgan fingerprint density at radius 1 is 1.44 bits per heavy atom. The van der Waals surface area contributed by atoms with Gasteiger partial charge in [-0.25, -0.2) is 0 Å². The van der Waals surface area contributed by atoms with Crippen LogP contribution in [0.15, 0.2) is 12.3 Å². The van der Waals surface area contributed by atoms with Gasteiger partial charge < -0.3 is 15.0 Å². The summed E-state index contributed by atoms with van der Waals surface area (Å²) in [5.74, 6) is 0. The van der Waals surface area contributed by atoms with Gasteiger partial charge in [0.15, 0.2) is 0 Å². The second kappa shape index (κ2) is 9.08. The summed E-state index contributed by atoms with van der Waals surface area (Å²) >= 11 is 0. The Labute approximate surface area is 110 Å². The van der Waals surface area contributed by atoms with Crippen LogP contribution >= 0.6 is 0 Å². The normalized spacial score (nSPS) is 11.3. The molecule has 5 heteroatoms. The van der Waals surface area contributed by atoms with Crippen LogP contribution in [0.5, 0.6) is 0 Å². The van der Waals surface area contributed by atoms with Crippen molar-refractivity contribution in [1.82, 2.24) is 20.0 Å². The Hall–Kier alpha value is -0.910. The molecule has 5 nitrogen and oxygen atoms in total. The lowest BCUT2D eigenvalue weighted by Crippen LogP contribution is -2.31. The van der Waals surface area contributed by atoms with Crippen LogP contribution in [0, 0.1) is 0 Å². The van der Waals surface area contributed by atoms with Crippen molar-refractivity contribution in [3.63, 3.8) is 0 Å². The van der Waals surface area contributed by atoms with Gasteiger partial charge in [0.05, 0.1) is 12.3 Å². The number of aromatic nitrogens is 2. The van der Waals surface area contributed by atoms with E-state index in [1.165, 1.54) is 5.69 Å². The number of ether oxygens (including phenoxy) is 1. The Kier molecular flexibility index (Phi) is 7.64. The number of hydrogen-bond donors (Lipinski definition) is 1. The molecule has 0 aliphatic rings. The van der Waals surface area contributed by atoms with E-state index in [-0.39, 0.29) is 0 Å². The highest BCUT2D eigenvalue weighted by Gasteiger charge is 2.01. The zero-order valence-electron chi connectivity index (χ0n) is 11.9. The third-order valence-corrected chi connectivity index (χ3v) is 2.89. The average Bonchev–Trinajstić information content (AvgIpc) is 2.80. The van der Waals surface area contributed by atoms with Gasteiger partial charge in [-0.3, -0.25) is 4.68 Å². The molecule has 0 unspecified atom stereocenters. The summed E-state index contributed by atoms with van der Waals surface area (Å²) in [6, 6.07) is 2.08. The zero-order chi connectivity index (χ0) is 13.2. The molecule has 1 aromatic rings. The first kappa shape index (κ1) is 15.1. The van der Waals surface area contributed by atoms with Gasteiger partial charge in [-0.05, 0) is 19.5 Å². The van der Waals surface area contributed by atoms with E-state index in [0.717, 1.165) is 45.8 Å². The highest BCUT2D eigenvalue weighted by atomic mass is 16.5. The lowest BCUT2D eigenvalue weighted by atomic mass is 10.4. The first-order chi connectivity index (χ1) is 8.77. The summed E-state index contributed by atoms with van der Waals surface area (Å²) < 4.78 is 7.12. The molecule has 18 heavy (non-hydrogen) atoms. The second-order valence-corrected chi connectivity index (χ2v) is 4.52. The largest absolute Gasteiger partial charge is 0.383 e. The predicted octanol–water partition coefficient (Wildman–Crippen LogP) is 0.961. The first-order valence-corrected chi connectivity index (χ1v) is 6.66. The molecule has 0 aliphatic heterocycles. The number of nitrogens with zero attached hydrogens (tertiary/aromatic N) is 3. The van der Waals surface area contributed by atoms with Crippen molar-refractivity contribution in [3.05, 3.63) is 18.0 Å². The van der Waals surface area contributed by atoms with Crippen LogP contribution in [0.2, 0.25) is 0 Å². The third-order valence-electron chi connectivity index (χ3n) is 2.89. The molecule has 0 bridgehead atoms. The summed E-state index contributed by atoms with van der Waals surface area (Å²) in [6.45, 7) is 7.84. The van der Waals surface area contributed by atoms with Gasteiger partial charge in [0.1, 0.15) is 0 Å². The lowest BCUT2D eigenvalue weighted by molar-refractivity contribution is 0.161. The van der Waals surface area contributed by atoms with Crippen molar-refractivity contribution >= 4 is 0 Å². The maximum absolute atomic E-state index is 5.05. The molecule has 1 aromatic heterocycles. The van der Waals surface area contributed by atoms with Gasteiger partial charge in [0, 0.05) is 46.0 Å². The van der Waals surface area contributed by atoms with E-state index in [9.17, 15) is 0 Å². The van der Waals surface area contributed by atoms with Crippen molar-refractivity contribution < 1.29 is 4.74 Å². The fourth-order valence-electron chi connectivity index (χ4n) is 1.77. The molecule has 0 radical (unpaired) electrons. The summed E-state index contributed by atoms with van der Waals surface area (Å²) in [7, 11) is 3.85. The molecule has 0 fully saturated rings. The molecule has 0 spiro atoms. The second-order valence-electron chi connectivity index (χ2n) is 4.52. The molecule has 1 N–H and O–H groups in total. The van der Waals surface area contributed by atoms with Gasteiger partial charge >= 0.3 is 0 Å². The average molecular weight is 254 g/mol. The molecule has 0 aromatic carbocycles. The molecule has 0 saturated heterocycles. The van der Waals surface area contributed by atoms with Crippen molar-refractivity contribution in [1.29, 1.82) is 0 Å². The van der Waals surface area contributed by atoms with Gasteiger partial charge in [0.25, 0.3) is 0 Å². The van der Waals surface area contributed by atoms with Crippen LogP contribution in [0.25, 0.3) is 0 Å². The van der Waals surface area contributed by atoms with E-state index in [4.69, 9.17) is 4.74 Å². The van der Waals surface area contributed by atoms with Gasteiger partial charge in [0.2, 0.25) is 0 Å². The number of nitrogens with one attached hydrogen (secondary N) is 1. The Bertz CT molecular complexity index is 314. The third kappa shape index (κ3) is 5.62. The molecule has 0 amide bonds. The van der Waals surface area contributed by atoms with E-state index < -0.39 is 0 Å². The topological polar surface area (TPSA) is 42.3 Å². The highest BCUT2D eigenvalue weighted by molar-refractivity contribution is 4.99. The maximum atomic E-state index is 5.05. The standard InChI is InChI=1S/C13H26N4O/c1-4-8-17-13(5-6-15-17)12-14-7-9-16(2)10-11-18-3/h5-6,14H,4,7-12H2,1-3H3. The number of likely N-dealkylation sites (N-methyl/N-ethyl adjacent to an activating group) is 1. The minimum Gasteiger partial charge on any atom is -0.383 e. The smallest absolute Gasteiger partial charge is 0.0589 e. The molecule has 1 rings (SSSR count). The number of methoxy groups -OCH3 is 1. The molecule has 0 saturated carbocycles. The van der Waals surface area contributed by atoms with E-state index in [2.05, 4.69) is 40.0 Å². The van der Waals surface area contributed by atoms with Gasteiger partial charge in [-0.2, -0.15) is 5.10 Å². The fraction of sp³-hybridized carbons (Fsp3) is 0.769. The van der Waals surface area contributed by atoms with Crippen LogP contribution in [0.4, 0.5) is 0 Å². The van der Waals surface area contributed by atoms with Crippen molar-refractivity contribution in [2.45, 2.75) is 26.4 Å². The summed E-state index contributed by atoms with van der Waals surface area (Å²) in [6.07, 6.45) is 2.99. The fourth-order valence-corrected chi connectivity index (χ4v) is 1.77. The van der Waals surface area contributed by atoms with Crippen LogP contribution in [-0.2, 0) is 17.8 Å². The Balaban J connectivity index is 2.15. The summed E-state index contributed by atoms with van der Waals surface area (Å²) in [5.41, 5.74) is 1.26. The monoisotopic (exact) mass is 254 g/mol. The van der Waals surface area contributed by atoms with Gasteiger partial charge in [-0.15, -0.1) is 0 Å². The SMILES string of the molecule is CCCn1nccc1CNCCN(C)CCOC. The number of hydrogen-bond acceptors (Lipinski definition) is 4. The van der Waals surface area contributed by atoms with Crippen molar-refractivity contribution in [2.75, 3.05) is 40.4 Å². The van der Waals surface area contributed by atoms with Crippen LogP contribution in [0.3, 0.4) is 0 Å².